The molecule has 2 rings (SSSR count). The Balaban J connectivity index is 2.19. The van der Waals surface area contributed by atoms with Gasteiger partial charge in [-0.1, -0.05) is 11.8 Å². The molecular formula is C21H23N3O4S. The van der Waals surface area contributed by atoms with E-state index in [2.05, 4.69) is 28.2 Å². The number of pyridine rings is 1. The van der Waals surface area contributed by atoms with Crippen LogP contribution in [0.25, 0.3) is 10.9 Å². The van der Waals surface area contributed by atoms with E-state index in [0.29, 0.717) is 12.4 Å². The SMILES string of the molecule is COCC#Cc1cnc2ccc(OC(SC)C(=O)NC(C)(C#N)COC)cc2c1. The van der Waals surface area contributed by atoms with E-state index in [1.807, 2.05) is 12.1 Å². The monoisotopic (exact) mass is 413 g/mol. The molecule has 2 aromatic rings. The van der Waals surface area contributed by atoms with Crippen molar-refractivity contribution >= 4 is 28.6 Å². The highest BCUT2D eigenvalue weighted by atomic mass is 32.2. The number of carbonyl (C=O) groups is 1. The van der Waals surface area contributed by atoms with Crippen molar-refractivity contribution in [2.45, 2.75) is 17.9 Å². The fraction of sp³-hybridized carbons (Fsp3) is 0.381. The molecule has 0 bridgehead atoms. The molecule has 8 heteroatoms. The average Bonchev–Trinajstić information content (AvgIpc) is 2.72. The number of hydrogen-bond donors (Lipinski definition) is 1. The minimum Gasteiger partial charge on any atom is -0.470 e. The van der Waals surface area contributed by atoms with Crippen LogP contribution in [-0.2, 0) is 14.3 Å². The summed E-state index contributed by atoms with van der Waals surface area (Å²) in [6.07, 6.45) is 3.46. The molecule has 1 N–H and O–H groups in total. The van der Waals surface area contributed by atoms with E-state index in [-0.39, 0.29) is 6.61 Å². The molecule has 2 atom stereocenters. The third kappa shape index (κ3) is 6.37. The molecule has 1 aromatic heterocycles. The van der Waals surface area contributed by atoms with Crippen LogP contribution in [0.4, 0.5) is 0 Å². The number of ether oxygens (including phenoxy) is 3. The van der Waals surface area contributed by atoms with Crippen molar-refractivity contribution in [3.05, 3.63) is 36.0 Å². The number of methoxy groups -OCH3 is 2. The average molecular weight is 413 g/mol. The van der Waals surface area contributed by atoms with Crippen molar-refractivity contribution in [1.29, 1.82) is 5.26 Å². The largest absolute Gasteiger partial charge is 0.470 e. The third-order valence-corrected chi connectivity index (χ3v) is 4.59. The molecule has 0 radical (unpaired) electrons. The van der Waals surface area contributed by atoms with Gasteiger partial charge in [-0.05, 0) is 37.4 Å². The van der Waals surface area contributed by atoms with Crippen LogP contribution in [0.5, 0.6) is 5.75 Å². The summed E-state index contributed by atoms with van der Waals surface area (Å²) >= 11 is 1.23. The van der Waals surface area contributed by atoms with E-state index < -0.39 is 16.9 Å². The van der Waals surface area contributed by atoms with Gasteiger partial charge >= 0.3 is 0 Å². The first-order chi connectivity index (χ1) is 13.9. The summed E-state index contributed by atoms with van der Waals surface area (Å²) in [5, 5.41) is 12.8. The second kappa shape index (κ2) is 10.7. The van der Waals surface area contributed by atoms with Crippen molar-refractivity contribution < 1.29 is 19.0 Å². The Kier molecular flexibility index (Phi) is 8.29. The second-order valence-electron chi connectivity index (χ2n) is 6.36. The molecule has 1 amide bonds. The molecule has 1 aromatic carbocycles. The Bertz CT molecular complexity index is 964. The van der Waals surface area contributed by atoms with E-state index >= 15 is 0 Å². The van der Waals surface area contributed by atoms with Crippen molar-refractivity contribution in [3.8, 4) is 23.7 Å². The minimum absolute atomic E-state index is 0.0743. The van der Waals surface area contributed by atoms with Gasteiger partial charge in [0.1, 0.15) is 17.9 Å². The van der Waals surface area contributed by atoms with Crippen LogP contribution in [0.3, 0.4) is 0 Å². The summed E-state index contributed by atoms with van der Waals surface area (Å²) in [5.74, 6) is 5.98. The van der Waals surface area contributed by atoms with E-state index in [1.54, 1.807) is 38.6 Å². The second-order valence-corrected chi connectivity index (χ2v) is 7.26. The molecule has 0 saturated carbocycles. The number of carbonyl (C=O) groups excluding carboxylic acids is 1. The predicted octanol–water partition coefficient (Wildman–Crippen LogP) is 2.35. The number of fused-ring (bicyclic) bond motifs is 1. The van der Waals surface area contributed by atoms with Crippen molar-refractivity contribution in [3.63, 3.8) is 0 Å². The van der Waals surface area contributed by atoms with Crippen LogP contribution in [0.15, 0.2) is 30.5 Å². The van der Waals surface area contributed by atoms with Gasteiger partial charge in [0.05, 0.1) is 18.2 Å². The van der Waals surface area contributed by atoms with Crippen molar-refractivity contribution in [1.82, 2.24) is 10.3 Å². The lowest BCUT2D eigenvalue weighted by Crippen LogP contribution is -2.52. The molecule has 0 spiro atoms. The van der Waals surface area contributed by atoms with Crippen LogP contribution >= 0.6 is 11.8 Å². The quantitative estimate of drug-likeness (QED) is 0.524. The summed E-state index contributed by atoms with van der Waals surface area (Å²) < 4.78 is 15.8. The molecule has 7 nitrogen and oxygen atoms in total. The number of amides is 1. The first-order valence-corrected chi connectivity index (χ1v) is 10.0. The maximum atomic E-state index is 12.6. The van der Waals surface area contributed by atoms with Crippen LogP contribution < -0.4 is 10.1 Å². The summed E-state index contributed by atoms with van der Waals surface area (Å²) in [6.45, 7) is 2.01. The minimum atomic E-state index is -1.13. The fourth-order valence-corrected chi connectivity index (χ4v) is 2.99. The summed E-state index contributed by atoms with van der Waals surface area (Å²) in [4.78, 5) is 17.0. The van der Waals surface area contributed by atoms with Crippen LogP contribution in [-0.4, -0.2) is 55.6 Å². The van der Waals surface area contributed by atoms with Gasteiger partial charge in [-0.15, -0.1) is 11.8 Å². The van der Waals surface area contributed by atoms with Gasteiger partial charge < -0.3 is 19.5 Å². The lowest BCUT2D eigenvalue weighted by Gasteiger charge is -2.25. The normalized spacial score (nSPS) is 13.5. The maximum Gasteiger partial charge on any atom is 0.273 e. The summed E-state index contributed by atoms with van der Waals surface area (Å²) in [5.41, 5.74) is -0.409. The molecule has 0 aliphatic rings. The van der Waals surface area contributed by atoms with Gasteiger partial charge in [0.15, 0.2) is 0 Å². The zero-order valence-corrected chi connectivity index (χ0v) is 17.6. The zero-order chi connectivity index (χ0) is 21.3. The van der Waals surface area contributed by atoms with E-state index in [9.17, 15) is 10.1 Å². The molecule has 0 fully saturated rings. The van der Waals surface area contributed by atoms with Gasteiger partial charge in [-0.3, -0.25) is 9.78 Å². The van der Waals surface area contributed by atoms with Crippen molar-refractivity contribution in [2.24, 2.45) is 0 Å². The first kappa shape index (κ1) is 22.5. The first-order valence-electron chi connectivity index (χ1n) is 8.74. The number of hydrogen-bond acceptors (Lipinski definition) is 7. The number of benzene rings is 1. The number of nitrogens with one attached hydrogen (secondary N) is 1. The van der Waals surface area contributed by atoms with Gasteiger partial charge in [0.25, 0.3) is 5.91 Å². The summed E-state index contributed by atoms with van der Waals surface area (Å²) in [7, 11) is 3.06. The molecule has 1 heterocycles. The van der Waals surface area contributed by atoms with E-state index in [4.69, 9.17) is 14.2 Å². The Hall–Kier alpha value is -2.78. The van der Waals surface area contributed by atoms with Crippen LogP contribution in [0.1, 0.15) is 12.5 Å². The van der Waals surface area contributed by atoms with Crippen molar-refractivity contribution in [2.75, 3.05) is 33.7 Å². The Morgan fingerprint density at radius 2 is 2.14 bits per heavy atom. The lowest BCUT2D eigenvalue weighted by molar-refractivity contribution is -0.126. The number of aromatic nitrogens is 1. The fourth-order valence-electron chi connectivity index (χ4n) is 2.51. The number of thioether (sulfide) groups is 1. The topological polar surface area (TPSA) is 93.5 Å². The molecule has 2 unspecified atom stereocenters. The number of nitrogens with zero attached hydrogens (tertiary/aromatic N) is 2. The smallest absolute Gasteiger partial charge is 0.273 e. The van der Waals surface area contributed by atoms with Gasteiger partial charge in [-0.25, -0.2) is 0 Å². The molecule has 0 aliphatic heterocycles. The maximum absolute atomic E-state index is 12.6. The molecule has 0 aliphatic carbocycles. The highest BCUT2D eigenvalue weighted by Crippen LogP contribution is 2.23. The Morgan fingerprint density at radius 3 is 2.79 bits per heavy atom. The third-order valence-electron chi connectivity index (χ3n) is 3.85. The summed E-state index contributed by atoms with van der Waals surface area (Å²) in [6, 6.07) is 9.32. The molecular weight excluding hydrogens is 390 g/mol. The van der Waals surface area contributed by atoms with Gasteiger partial charge in [-0.2, -0.15) is 5.26 Å². The van der Waals surface area contributed by atoms with Crippen LogP contribution in [0, 0.1) is 23.2 Å². The van der Waals surface area contributed by atoms with E-state index in [1.165, 1.54) is 18.9 Å². The molecule has 152 valence electrons. The Morgan fingerprint density at radius 1 is 1.34 bits per heavy atom. The van der Waals surface area contributed by atoms with Gasteiger partial charge in [0.2, 0.25) is 5.44 Å². The molecule has 29 heavy (non-hydrogen) atoms. The van der Waals surface area contributed by atoms with Crippen LogP contribution in [0.2, 0.25) is 0 Å². The van der Waals surface area contributed by atoms with E-state index in [0.717, 1.165) is 16.5 Å². The highest BCUT2D eigenvalue weighted by molar-refractivity contribution is 7.99. The number of nitriles is 1. The standard InChI is InChI=1S/C21H23N3O4S/c1-21(13-22,14-27-3)24-19(25)20(29-4)28-17-7-8-18-16(11-17)10-15(12-23-18)6-5-9-26-2/h7-8,10-12,20H,9,14H2,1-4H3,(H,24,25). The lowest BCUT2D eigenvalue weighted by atomic mass is 10.1. The zero-order valence-electron chi connectivity index (χ0n) is 16.8. The highest BCUT2D eigenvalue weighted by Gasteiger charge is 2.30. The van der Waals surface area contributed by atoms with Gasteiger partial charge in [0, 0.05) is 31.4 Å². The number of rotatable bonds is 8. The Labute approximate surface area is 174 Å². The molecule has 0 saturated heterocycles. The predicted molar refractivity (Wildman–Crippen MR) is 112 cm³/mol.